The first-order valence-electron chi connectivity index (χ1n) is 8.47. The Bertz CT molecular complexity index is 899. The highest BCUT2D eigenvalue weighted by molar-refractivity contribution is 8.14. The second-order valence-corrected chi connectivity index (χ2v) is 7.77. The molecule has 2 aromatic rings. The summed E-state index contributed by atoms with van der Waals surface area (Å²) in [6, 6.07) is 6.91. The molecule has 3 rings (SSSR count). The van der Waals surface area contributed by atoms with E-state index in [0.29, 0.717) is 27.5 Å². The van der Waals surface area contributed by atoms with Gasteiger partial charge in [-0.2, -0.15) is 0 Å². The van der Waals surface area contributed by atoms with Gasteiger partial charge in [0.1, 0.15) is 5.75 Å². The number of methoxy groups -OCH3 is 1. The van der Waals surface area contributed by atoms with Gasteiger partial charge in [0, 0.05) is 18.4 Å². The highest BCUT2D eigenvalue weighted by Gasteiger charge is 2.15. The van der Waals surface area contributed by atoms with E-state index in [4.69, 9.17) is 4.74 Å². The predicted molar refractivity (Wildman–Crippen MR) is 109 cm³/mol. The zero-order valence-corrected chi connectivity index (χ0v) is 17.1. The van der Waals surface area contributed by atoms with Gasteiger partial charge in [0.25, 0.3) is 5.91 Å². The van der Waals surface area contributed by atoms with Gasteiger partial charge < -0.3 is 19.9 Å². The van der Waals surface area contributed by atoms with Gasteiger partial charge >= 0.3 is 0 Å². The quantitative estimate of drug-likeness (QED) is 0.645. The molecule has 0 saturated heterocycles. The Morgan fingerprint density at radius 2 is 2.21 bits per heavy atom. The molecule has 28 heavy (non-hydrogen) atoms. The molecule has 2 heterocycles. The maximum absolute atomic E-state index is 12.3. The van der Waals surface area contributed by atoms with Crippen molar-refractivity contribution in [3.8, 4) is 5.75 Å². The highest BCUT2D eigenvalue weighted by Crippen LogP contribution is 2.16. The van der Waals surface area contributed by atoms with Crippen molar-refractivity contribution in [3.05, 3.63) is 35.7 Å². The van der Waals surface area contributed by atoms with Gasteiger partial charge in [-0.3, -0.25) is 14.6 Å². The van der Waals surface area contributed by atoms with Crippen LogP contribution in [0.25, 0.3) is 0 Å². The number of hydrogen-bond donors (Lipinski definition) is 2. The number of amides is 2. The number of aromatic nitrogens is 3. The Morgan fingerprint density at radius 3 is 2.96 bits per heavy atom. The predicted octanol–water partition coefficient (Wildman–Crippen LogP) is 1.06. The van der Waals surface area contributed by atoms with Crippen LogP contribution in [0.3, 0.4) is 0 Å². The molecule has 0 radical (unpaired) electrons. The van der Waals surface area contributed by atoms with E-state index in [1.165, 1.54) is 23.5 Å². The number of amidine groups is 1. The van der Waals surface area contributed by atoms with Gasteiger partial charge in [-0.1, -0.05) is 29.6 Å². The Balaban J connectivity index is 1.51. The number of rotatable bonds is 7. The molecule has 0 unspecified atom stereocenters. The summed E-state index contributed by atoms with van der Waals surface area (Å²) in [5, 5.41) is 15.0. The molecule has 0 bridgehead atoms. The smallest absolute Gasteiger partial charge is 0.251 e. The minimum absolute atomic E-state index is 0.131. The van der Waals surface area contributed by atoms with Gasteiger partial charge in [0.05, 0.1) is 26.0 Å². The number of benzene rings is 1. The average molecular weight is 421 g/mol. The van der Waals surface area contributed by atoms with E-state index in [-0.39, 0.29) is 24.1 Å². The van der Waals surface area contributed by atoms with Crippen LogP contribution < -0.4 is 15.4 Å². The first kappa shape index (κ1) is 20.2. The van der Waals surface area contributed by atoms with Crippen LogP contribution in [0.15, 0.2) is 34.4 Å². The monoisotopic (exact) mass is 420 g/mol. The van der Waals surface area contributed by atoms with Crippen molar-refractivity contribution in [2.45, 2.75) is 11.7 Å². The molecule has 1 aliphatic rings. The fourth-order valence-electron chi connectivity index (χ4n) is 2.35. The molecule has 2 amide bonds. The first-order valence-corrected chi connectivity index (χ1v) is 10.4. The van der Waals surface area contributed by atoms with Crippen LogP contribution in [-0.2, 0) is 18.4 Å². The van der Waals surface area contributed by atoms with Gasteiger partial charge in [0.2, 0.25) is 5.91 Å². The van der Waals surface area contributed by atoms with Crippen molar-refractivity contribution in [2.24, 2.45) is 12.0 Å². The minimum Gasteiger partial charge on any atom is -0.497 e. The summed E-state index contributed by atoms with van der Waals surface area (Å²) in [6.45, 7) is 0.960. The van der Waals surface area contributed by atoms with Gasteiger partial charge in [0.15, 0.2) is 16.1 Å². The Kier molecular flexibility index (Phi) is 6.93. The number of thioether (sulfide) groups is 2. The van der Waals surface area contributed by atoms with E-state index < -0.39 is 0 Å². The fourth-order valence-corrected chi connectivity index (χ4v) is 3.82. The molecule has 0 saturated carbocycles. The van der Waals surface area contributed by atoms with E-state index in [1.807, 2.05) is 0 Å². The lowest BCUT2D eigenvalue weighted by molar-refractivity contribution is -0.117. The number of nitrogens with zero attached hydrogens (tertiary/aromatic N) is 4. The molecule has 0 fully saturated rings. The molecule has 0 spiro atoms. The van der Waals surface area contributed by atoms with Crippen LogP contribution in [-0.4, -0.2) is 56.9 Å². The number of aliphatic imine (C=N–C) groups is 1. The van der Waals surface area contributed by atoms with Crippen molar-refractivity contribution in [1.82, 2.24) is 25.4 Å². The molecule has 1 aromatic heterocycles. The molecule has 0 atom stereocenters. The topological polar surface area (TPSA) is 110 Å². The number of hydrogen-bond acceptors (Lipinski definition) is 8. The number of carbonyl (C=O) groups excluding carboxylic acids is 2. The normalized spacial score (nSPS) is 13.1. The van der Waals surface area contributed by atoms with Crippen molar-refractivity contribution in [3.63, 3.8) is 0 Å². The standard InChI is InChI=1S/C17H20N6O3S2/c1-23-13(9-19-15(25)11-4-3-5-12(8-11)26-2)21-22-17(23)28-10-14(24)20-16-18-6-7-27-16/h3-5,8H,6-7,9-10H2,1-2H3,(H,19,25)(H,18,20,24). The first-order chi connectivity index (χ1) is 13.6. The van der Waals surface area contributed by atoms with Gasteiger partial charge in [-0.25, -0.2) is 0 Å². The van der Waals surface area contributed by atoms with E-state index in [9.17, 15) is 9.59 Å². The minimum atomic E-state index is -0.231. The van der Waals surface area contributed by atoms with Crippen molar-refractivity contribution < 1.29 is 14.3 Å². The largest absolute Gasteiger partial charge is 0.497 e. The van der Waals surface area contributed by atoms with Crippen LogP contribution in [0.1, 0.15) is 16.2 Å². The number of carbonyl (C=O) groups is 2. The molecule has 11 heteroatoms. The highest BCUT2D eigenvalue weighted by atomic mass is 32.2. The van der Waals surface area contributed by atoms with Crippen LogP contribution in [0.5, 0.6) is 5.75 Å². The fraction of sp³-hybridized carbons (Fsp3) is 0.353. The lowest BCUT2D eigenvalue weighted by Gasteiger charge is -2.07. The second-order valence-electron chi connectivity index (χ2n) is 5.74. The summed E-state index contributed by atoms with van der Waals surface area (Å²) in [6.07, 6.45) is 0. The van der Waals surface area contributed by atoms with Crippen LogP contribution in [0, 0.1) is 0 Å². The Hall–Kier alpha value is -2.53. The van der Waals surface area contributed by atoms with Gasteiger partial charge in [-0.15, -0.1) is 10.2 Å². The molecule has 148 valence electrons. The molecule has 1 aliphatic heterocycles. The molecular weight excluding hydrogens is 400 g/mol. The van der Waals surface area contributed by atoms with Crippen molar-refractivity contribution >= 4 is 40.5 Å². The lowest BCUT2D eigenvalue weighted by Crippen LogP contribution is -2.29. The third-order valence-electron chi connectivity index (χ3n) is 3.83. The molecule has 2 N–H and O–H groups in total. The Morgan fingerprint density at radius 1 is 1.36 bits per heavy atom. The maximum atomic E-state index is 12.3. The molecule has 0 aliphatic carbocycles. The summed E-state index contributed by atoms with van der Waals surface area (Å²) in [5.74, 6) is 1.96. The van der Waals surface area contributed by atoms with E-state index in [2.05, 4.69) is 25.8 Å². The molecular formula is C17H20N6O3S2. The number of ether oxygens (including phenoxy) is 1. The van der Waals surface area contributed by atoms with Crippen LogP contribution in [0.2, 0.25) is 0 Å². The second kappa shape index (κ2) is 9.60. The average Bonchev–Trinajstić information content (AvgIpc) is 3.34. The van der Waals surface area contributed by atoms with E-state index >= 15 is 0 Å². The summed E-state index contributed by atoms with van der Waals surface area (Å²) >= 11 is 2.82. The van der Waals surface area contributed by atoms with Crippen molar-refractivity contribution in [2.75, 3.05) is 25.2 Å². The zero-order valence-electron chi connectivity index (χ0n) is 15.5. The van der Waals surface area contributed by atoms with Gasteiger partial charge in [-0.05, 0) is 18.2 Å². The summed E-state index contributed by atoms with van der Waals surface area (Å²) in [7, 11) is 3.35. The summed E-state index contributed by atoms with van der Waals surface area (Å²) in [4.78, 5) is 28.4. The maximum Gasteiger partial charge on any atom is 0.251 e. The van der Waals surface area contributed by atoms with Crippen LogP contribution in [0.4, 0.5) is 0 Å². The van der Waals surface area contributed by atoms with E-state index in [1.54, 1.807) is 43.0 Å². The SMILES string of the molecule is COc1cccc(C(=O)NCc2nnc(SCC(=O)NC3=NCCS3)n2C)c1. The molecule has 1 aromatic carbocycles. The van der Waals surface area contributed by atoms with Crippen LogP contribution >= 0.6 is 23.5 Å². The lowest BCUT2D eigenvalue weighted by atomic mass is 10.2. The summed E-state index contributed by atoms with van der Waals surface area (Å²) < 4.78 is 6.88. The third-order valence-corrected chi connectivity index (χ3v) is 5.74. The van der Waals surface area contributed by atoms with Crippen molar-refractivity contribution in [1.29, 1.82) is 0 Å². The van der Waals surface area contributed by atoms with E-state index in [0.717, 1.165) is 12.3 Å². The summed E-state index contributed by atoms with van der Waals surface area (Å²) in [5.41, 5.74) is 0.500. The zero-order chi connectivity index (χ0) is 19.9. The molecule has 9 nitrogen and oxygen atoms in total. The third kappa shape index (κ3) is 5.26. The number of nitrogens with one attached hydrogen (secondary N) is 2. The Labute approximate surface area is 170 Å².